The Balaban J connectivity index is 2.92. The molecular formula is C10H16N2O2. The fraction of sp³-hybridized carbons (Fsp3) is 0.600. The van der Waals surface area contributed by atoms with Crippen LogP contribution in [-0.2, 0) is 18.4 Å². The van der Waals surface area contributed by atoms with Crippen LogP contribution >= 0.6 is 0 Å². The first kappa shape index (κ1) is 10.9. The highest BCUT2D eigenvalue weighted by Crippen LogP contribution is 2.10. The summed E-state index contributed by atoms with van der Waals surface area (Å²) in [4.78, 5) is 11.7. The molecule has 0 fully saturated rings. The van der Waals surface area contributed by atoms with Crippen LogP contribution < -0.4 is 0 Å². The Kier molecular flexibility index (Phi) is 3.41. The Labute approximate surface area is 83.9 Å². The molecule has 0 amide bonds. The molecule has 4 heteroatoms. The zero-order chi connectivity index (χ0) is 10.7. The van der Waals surface area contributed by atoms with Gasteiger partial charge in [0, 0.05) is 20.1 Å². The molecule has 0 atom stereocenters. The van der Waals surface area contributed by atoms with Crippen molar-refractivity contribution in [1.29, 1.82) is 0 Å². The zero-order valence-corrected chi connectivity index (χ0v) is 9.07. The number of ether oxygens (including phenoxy) is 1. The van der Waals surface area contributed by atoms with Crippen LogP contribution in [0.3, 0.4) is 0 Å². The number of aromatic nitrogens is 2. The van der Waals surface area contributed by atoms with E-state index in [1.54, 1.807) is 24.9 Å². The lowest BCUT2D eigenvalue weighted by Gasteiger charge is -2.02. The molecule has 0 spiro atoms. The number of hydrogen-bond donors (Lipinski definition) is 0. The van der Waals surface area contributed by atoms with Gasteiger partial charge in [0.1, 0.15) is 5.69 Å². The highest BCUT2D eigenvalue weighted by molar-refractivity contribution is 5.95. The summed E-state index contributed by atoms with van der Waals surface area (Å²) < 4.78 is 6.56. The van der Waals surface area contributed by atoms with Crippen LogP contribution in [0.5, 0.6) is 0 Å². The van der Waals surface area contributed by atoms with E-state index >= 15 is 0 Å². The molecule has 0 saturated heterocycles. The zero-order valence-electron chi connectivity index (χ0n) is 9.07. The van der Waals surface area contributed by atoms with Gasteiger partial charge < -0.3 is 4.74 Å². The predicted molar refractivity (Wildman–Crippen MR) is 53.1 cm³/mol. The molecule has 0 aliphatic carbocycles. The molecule has 0 unspecified atom stereocenters. The largest absolute Gasteiger partial charge is 0.378 e. The van der Waals surface area contributed by atoms with E-state index in [1.807, 2.05) is 13.8 Å². The average Bonchev–Trinajstić information content (AvgIpc) is 2.46. The third-order valence-corrected chi connectivity index (χ3v) is 2.00. The lowest BCUT2D eigenvalue weighted by molar-refractivity contribution is 0.0930. The van der Waals surface area contributed by atoms with Crippen molar-refractivity contribution in [2.24, 2.45) is 13.0 Å². The lowest BCUT2D eigenvalue weighted by atomic mass is 10.1. The molecule has 0 aliphatic rings. The van der Waals surface area contributed by atoms with Crippen molar-refractivity contribution in [3.05, 3.63) is 17.5 Å². The van der Waals surface area contributed by atoms with Crippen molar-refractivity contribution < 1.29 is 9.53 Å². The van der Waals surface area contributed by atoms with Gasteiger partial charge in [-0.3, -0.25) is 9.48 Å². The van der Waals surface area contributed by atoms with Crippen LogP contribution in [0, 0.1) is 5.92 Å². The van der Waals surface area contributed by atoms with E-state index in [1.165, 1.54) is 0 Å². The predicted octanol–water partition coefficient (Wildman–Crippen LogP) is 1.41. The Morgan fingerprint density at radius 3 is 2.79 bits per heavy atom. The number of Topliss-reactive ketones (excluding diaryl/α,β-unsaturated/α-hetero) is 1. The smallest absolute Gasteiger partial charge is 0.183 e. The molecule has 78 valence electrons. The van der Waals surface area contributed by atoms with Crippen LogP contribution in [0.25, 0.3) is 0 Å². The summed E-state index contributed by atoms with van der Waals surface area (Å²) in [5.74, 6) is 0.114. The molecule has 4 nitrogen and oxygen atoms in total. The van der Waals surface area contributed by atoms with Crippen LogP contribution in [0.4, 0.5) is 0 Å². The van der Waals surface area contributed by atoms with E-state index in [0.29, 0.717) is 12.3 Å². The number of aryl methyl sites for hydroxylation is 1. The maximum absolute atomic E-state index is 11.7. The number of ketones is 1. The van der Waals surface area contributed by atoms with E-state index < -0.39 is 0 Å². The second-order valence-electron chi connectivity index (χ2n) is 3.60. The quantitative estimate of drug-likeness (QED) is 0.684. The second kappa shape index (κ2) is 4.37. The maximum Gasteiger partial charge on any atom is 0.183 e. The van der Waals surface area contributed by atoms with Gasteiger partial charge in [-0.05, 0) is 6.07 Å². The van der Waals surface area contributed by atoms with E-state index in [-0.39, 0.29) is 11.7 Å². The molecule has 1 aromatic rings. The highest BCUT2D eigenvalue weighted by atomic mass is 16.5. The van der Waals surface area contributed by atoms with Gasteiger partial charge in [0.05, 0.1) is 12.3 Å². The molecule has 0 aliphatic heterocycles. The first-order chi connectivity index (χ1) is 6.56. The van der Waals surface area contributed by atoms with Gasteiger partial charge in [-0.1, -0.05) is 13.8 Å². The molecule has 1 aromatic heterocycles. The Hall–Kier alpha value is -1.16. The SMILES string of the molecule is COCc1cc(C(=O)C(C)C)n(C)n1. The summed E-state index contributed by atoms with van der Waals surface area (Å²) in [6.07, 6.45) is 0. The third-order valence-electron chi connectivity index (χ3n) is 2.00. The van der Waals surface area contributed by atoms with Crippen LogP contribution in [-0.4, -0.2) is 22.7 Å². The number of hydrogen-bond acceptors (Lipinski definition) is 3. The Bertz CT molecular complexity index is 329. The minimum Gasteiger partial charge on any atom is -0.378 e. The fourth-order valence-corrected chi connectivity index (χ4v) is 1.27. The fourth-order valence-electron chi connectivity index (χ4n) is 1.27. The molecule has 0 N–H and O–H groups in total. The van der Waals surface area contributed by atoms with E-state index in [9.17, 15) is 4.79 Å². The highest BCUT2D eigenvalue weighted by Gasteiger charge is 2.15. The number of nitrogens with zero attached hydrogens (tertiary/aromatic N) is 2. The van der Waals surface area contributed by atoms with Crippen molar-refractivity contribution >= 4 is 5.78 Å². The van der Waals surface area contributed by atoms with Crippen molar-refractivity contribution in [2.75, 3.05) is 7.11 Å². The van der Waals surface area contributed by atoms with E-state index in [2.05, 4.69) is 5.10 Å². The molecule has 1 heterocycles. The summed E-state index contributed by atoms with van der Waals surface area (Å²) in [7, 11) is 3.38. The number of carbonyl (C=O) groups is 1. The van der Waals surface area contributed by atoms with Gasteiger partial charge >= 0.3 is 0 Å². The van der Waals surface area contributed by atoms with Crippen molar-refractivity contribution in [3.8, 4) is 0 Å². The summed E-state index contributed by atoms with van der Waals surface area (Å²) in [5, 5.41) is 4.17. The summed E-state index contributed by atoms with van der Waals surface area (Å²) in [5.41, 5.74) is 1.44. The average molecular weight is 196 g/mol. The van der Waals surface area contributed by atoms with Crippen molar-refractivity contribution in [3.63, 3.8) is 0 Å². The number of methoxy groups -OCH3 is 1. The molecule has 0 aromatic carbocycles. The van der Waals surface area contributed by atoms with E-state index in [0.717, 1.165) is 5.69 Å². The molecule has 0 bridgehead atoms. The van der Waals surface area contributed by atoms with Gasteiger partial charge in [0.25, 0.3) is 0 Å². The maximum atomic E-state index is 11.7. The summed E-state index contributed by atoms with van der Waals surface area (Å²) in [6.45, 7) is 4.20. The molecule has 0 radical (unpaired) electrons. The first-order valence-corrected chi connectivity index (χ1v) is 4.62. The van der Waals surface area contributed by atoms with E-state index in [4.69, 9.17) is 4.74 Å². The lowest BCUT2D eigenvalue weighted by Crippen LogP contribution is -2.12. The van der Waals surface area contributed by atoms with Gasteiger partial charge in [-0.25, -0.2) is 0 Å². The van der Waals surface area contributed by atoms with Gasteiger partial charge in [-0.15, -0.1) is 0 Å². The monoisotopic (exact) mass is 196 g/mol. The molecule has 1 rings (SSSR count). The number of carbonyl (C=O) groups excluding carboxylic acids is 1. The Morgan fingerprint density at radius 2 is 2.29 bits per heavy atom. The second-order valence-corrected chi connectivity index (χ2v) is 3.60. The van der Waals surface area contributed by atoms with Crippen molar-refractivity contribution in [2.45, 2.75) is 20.5 Å². The normalized spacial score (nSPS) is 10.9. The Morgan fingerprint density at radius 1 is 1.64 bits per heavy atom. The molecule has 0 saturated carbocycles. The first-order valence-electron chi connectivity index (χ1n) is 4.62. The van der Waals surface area contributed by atoms with Gasteiger partial charge in [0.15, 0.2) is 5.78 Å². The summed E-state index contributed by atoms with van der Waals surface area (Å²) >= 11 is 0. The number of rotatable bonds is 4. The van der Waals surface area contributed by atoms with Crippen LogP contribution in [0.15, 0.2) is 6.07 Å². The van der Waals surface area contributed by atoms with Crippen LogP contribution in [0.1, 0.15) is 30.0 Å². The van der Waals surface area contributed by atoms with Crippen LogP contribution in [0.2, 0.25) is 0 Å². The topological polar surface area (TPSA) is 44.1 Å². The van der Waals surface area contributed by atoms with Crippen molar-refractivity contribution in [1.82, 2.24) is 9.78 Å². The minimum atomic E-state index is 0.000736. The minimum absolute atomic E-state index is 0.000736. The van der Waals surface area contributed by atoms with Gasteiger partial charge in [0.2, 0.25) is 0 Å². The molecular weight excluding hydrogens is 180 g/mol. The summed E-state index contributed by atoms with van der Waals surface area (Å²) in [6, 6.07) is 1.78. The third kappa shape index (κ3) is 2.20. The standard InChI is InChI=1S/C10H16N2O2/c1-7(2)10(13)9-5-8(6-14-4)11-12(9)3/h5,7H,6H2,1-4H3. The molecule has 14 heavy (non-hydrogen) atoms. The van der Waals surface area contributed by atoms with Gasteiger partial charge in [-0.2, -0.15) is 5.10 Å².